The fraction of sp³-hybridized carbons (Fsp3) is 0.900. The fourth-order valence-electron chi connectivity index (χ4n) is 1.45. The highest BCUT2D eigenvalue weighted by molar-refractivity contribution is 5.64. The van der Waals surface area contributed by atoms with E-state index in [4.69, 9.17) is 5.73 Å². The first kappa shape index (κ1) is 11.6. The van der Waals surface area contributed by atoms with E-state index in [0.717, 1.165) is 19.1 Å². The van der Waals surface area contributed by atoms with Crippen molar-refractivity contribution in [2.45, 2.75) is 46.1 Å². The highest BCUT2D eigenvalue weighted by Gasteiger charge is 2.30. The van der Waals surface area contributed by atoms with Crippen molar-refractivity contribution in [2.75, 3.05) is 0 Å². The molecular weight excluding hydrogens is 150 g/mol. The molecule has 0 aromatic heterocycles. The maximum Gasteiger partial charge on any atom is 0.140 e. The summed E-state index contributed by atoms with van der Waals surface area (Å²) in [7, 11) is 0. The van der Waals surface area contributed by atoms with Crippen LogP contribution in [0.3, 0.4) is 0 Å². The van der Waals surface area contributed by atoms with Crippen LogP contribution in [0.15, 0.2) is 0 Å². The summed E-state index contributed by atoms with van der Waals surface area (Å²) in [4.78, 5) is 10.8. The second-order valence-electron chi connectivity index (χ2n) is 4.14. The number of carbonyl (C=O) groups is 1. The van der Waals surface area contributed by atoms with E-state index in [1.54, 1.807) is 0 Å². The molecule has 0 bridgehead atoms. The summed E-state index contributed by atoms with van der Waals surface area (Å²) in [6.07, 6.45) is 2.66. The van der Waals surface area contributed by atoms with Crippen molar-refractivity contribution in [3.63, 3.8) is 0 Å². The number of rotatable bonds is 5. The van der Waals surface area contributed by atoms with E-state index in [9.17, 15) is 4.79 Å². The first-order valence-electron chi connectivity index (χ1n) is 4.71. The third-order valence-electron chi connectivity index (χ3n) is 2.51. The third-order valence-corrected chi connectivity index (χ3v) is 2.51. The minimum Gasteiger partial charge on any atom is -0.319 e. The lowest BCUT2D eigenvalue weighted by molar-refractivity contribution is -0.114. The lowest BCUT2D eigenvalue weighted by Crippen LogP contribution is -2.48. The molecule has 0 aromatic carbocycles. The van der Waals surface area contributed by atoms with E-state index in [1.807, 2.05) is 6.92 Å². The molecule has 0 rings (SSSR count). The normalized spacial score (nSPS) is 18.8. The molecule has 2 nitrogen and oxygen atoms in total. The van der Waals surface area contributed by atoms with Gasteiger partial charge in [0.05, 0.1) is 5.54 Å². The van der Waals surface area contributed by atoms with Crippen LogP contribution in [0.4, 0.5) is 0 Å². The Labute approximate surface area is 75.5 Å². The van der Waals surface area contributed by atoms with Gasteiger partial charge in [0, 0.05) is 0 Å². The second kappa shape index (κ2) is 4.61. The van der Waals surface area contributed by atoms with E-state index in [2.05, 4.69) is 20.8 Å². The molecule has 12 heavy (non-hydrogen) atoms. The fourth-order valence-corrected chi connectivity index (χ4v) is 1.45. The molecular formula is C10H21NO. The summed E-state index contributed by atoms with van der Waals surface area (Å²) in [6, 6.07) is 0. The largest absolute Gasteiger partial charge is 0.319 e. The Morgan fingerprint density at radius 2 is 1.92 bits per heavy atom. The molecule has 0 saturated carbocycles. The first-order chi connectivity index (χ1) is 5.46. The molecule has 2 heteroatoms. The molecule has 0 radical (unpaired) electrons. The first-order valence-corrected chi connectivity index (χ1v) is 4.71. The van der Waals surface area contributed by atoms with Crippen LogP contribution in [0.2, 0.25) is 0 Å². The lowest BCUT2D eigenvalue weighted by atomic mass is 9.79. The van der Waals surface area contributed by atoms with Gasteiger partial charge in [-0.2, -0.15) is 0 Å². The number of hydrogen-bond acceptors (Lipinski definition) is 2. The van der Waals surface area contributed by atoms with Crippen LogP contribution < -0.4 is 5.73 Å². The number of carbonyl (C=O) groups excluding carboxylic acids is 1. The van der Waals surface area contributed by atoms with E-state index in [0.29, 0.717) is 5.92 Å². The smallest absolute Gasteiger partial charge is 0.140 e. The van der Waals surface area contributed by atoms with E-state index in [-0.39, 0.29) is 5.92 Å². The second-order valence-corrected chi connectivity index (χ2v) is 4.14. The standard InChI is InChI=1S/C10H21NO/c1-5-9(4)10(11,7-12)6-8(2)3/h7-9H,5-6,11H2,1-4H3/t9?,10-/m0/s1. The predicted octanol–water partition coefficient (Wildman–Crippen LogP) is 1.98. The molecule has 1 unspecified atom stereocenters. The zero-order valence-electron chi connectivity index (χ0n) is 8.63. The van der Waals surface area contributed by atoms with Gasteiger partial charge in [-0.3, -0.25) is 0 Å². The summed E-state index contributed by atoms with van der Waals surface area (Å²) < 4.78 is 0. The van der Waals surface area contributed by atoms with E-state index >= 15 is 0 Å². The number of hydrogen-bond donors (Lipinski definition) is 1. The number of nitrogens with two attached hydrogens (primary N) is 1. The maximum atomic E-state index is 10.8. The van der Waals surface area contributed by atoms with Gasteiger partial charge in [0.25, 0.3) is 0 Å². The summed E-state index contributed by atoms with van der Waals surface area (Å²) in [5.74, 6) is 0.756. The van der Waals surface area contributed by atoms with Crippen molar-refractivity contribution in [3.05, 3.63) is 0 Å². The van der Waals surface area contributed by atoms with Crippen LogP contribution in [-0.2, 0) is 4.79 Å². The molecule has 0 fully saturated rings. The van der Waals surface area contributed by atoms with Crippen molar-refractivity contribution in [3.8, 4) is 0 Å². The van der Waals surface area contributed by atoms with Crippen molar-refractivity contribution >= 4 is 6.29 Å². The van der Waals surface area contributed by atoms with Crippen molar-refractivity contribution in [2.24, 2.45) is 17.6 Å². The average Bonchev–Trinajstić information content (AvgIpc) is 2.01. The zero-order valence-corrected chi connectivity index (χ0v) is 8.63. The number of aldehydes is 1. The molecule has 0 spiro atoms. The van der Waals surface area contributed by atoms with Gasteiger partial charge >= 0.3 is 0 Å². The molecule has 2 N–H and O–H groups in total. The predicted molar refractivity (Wildman–Crippen MR) is 51.9 cm³/mol. The van der Waals surface area contributed by atoms with Crippen LogP contribution in [0.5, 0.6) is 0 Å². The Morgan fingerprint density at radius 3 is 2.17 bits per heavy atom. The van der Waals surface area contributed by atoms with Crippen molar-refractivity contribution in [1.29, 1.82) is 0 Å². The van der Waals surface area contributed by atoms with Crippen molar-refractivity contribution in [1.82, 2.24) is 0 Å². The molecule has 0 saturated heterocycles. The molecule has 2 atom stereocenters. The van der Waals surface area contributed by atoms with Crippen LogP contribution in [0.25, 0.3) is 0 Å². The lowest BCUT2D eigenvalue weighted by Gasteiger charge is -2.30. The van der Waals surface area contributed by atoms with E-state index < -0.39 is 5.54 Å². The Hall–Kier alpha value is -0.370. The molecule has 72 valence electrons. The van der Waals surface area contributed by atoms with E-state index in [1.165, 1.54) is 0 Å². The Morgan fingerprint density at radius 1 is 1.42 bits per heavy atom. The average molecular weight is 171 g/mol. The van der Waals surface area contributed by atoms with Gasteiger partial charge in [0.1, 0.15) is 6.29 Å². The molecule has 0 aliphatic heterocycles. The minimum absolute atomic E-state index is 0.275. The van der Waals surface area contributed by atoms with Gasteiger partial charge in [0.15, 0.2) is 0 Å². The summed E-state index contributed by atoms with van der Waals surface area (Å²) in [6.45, 7) is 8.29. The van der Waals surface area contributed by atoms with Crippen molar-refractivity contribution < 1.29 is 4.79 Å². The summed E-state index contributed by atoms with van der Waals surface area (Å²) in [5, 5.41) is 0. The monoisotopic (exact) mass is 171 g/mol. The third kappa shape index (κ3) is 2.94. The quantitative estimate of drug-likeness (QED) is 0.643. The van der Waals surface area contributed by atoms with Crippen LogP contribution >= 0.6 is 0 Å². The minimum atomic E-state index is -0.608. The molecule has 0 aliphatic carbocycles. The Balaban J connectivity index is 4.33. The van der Waals surface area contributed by atoms with Gasteiger partial charge < -0.3 is 10.5 Å². The van der Waals surface area contributed by atoms with Gasteiger partial charge in [-0.15, -0.1) is 0 Å². The summed E-state index contributed by atoms with van der Waals surface area (Å²) >= 11 is 0. The van der Waals surface area contributed by atoms with Gasteiger partial charge in [-0.1, -0.05) is 34.1 Å². The Kier molecular flexibility index (Phi) is 4.46. The van der Waals surface area contributed by atoms with Crippen LogP contribution in [-0.4, -0.2) is 11.8 Å². The van der Waals surface area contributed by atoms with Crippen LogP contribution in [0, 0.1) is 11.8 Å². The van der Waals surface area contributed by atoms with Gasteiger partial charge in [-0.25, -0.2) is 0 Å². The molecule has 0 heterocycles. The van der Waals surface area contributed by atoms with Gasteiger partial charge in [-0.05, 0) is 18.3 Å². The molecule has 0 aromatic rings. The highest BCUT2D eigenvalue weighted by atomic mass is 16.1. The molecule has 0 aliphatic rings. The van der Waals surface area contributed by atoms with Crippen LogP contribution in [0.1, 0.15) is 40.5 Å². The highest BCUT2D eigenvalue weighted by Crippen LogP contribution is 2.23. The zero-order chi connectivity index (χ0) is 9.78. The molecule has 0 amide bonds. The topological polar surface area (TPSA) is 43.1 Å². The van der Waals surface area contributed by atoms with Gasteiger partial charge in [0.2, 0.25) is 0 Å². The summed E-state index contributed by atoms with van der Waals surface area (Å²) in [5.41, 5.74) is 5.38. The Bertz CT molecular complexity index is 145. The maximum absolute atomic E-state index is 10.8. The SMILES string of the molecule is CCC(C)[C@@](N)(C=O)CC(C)C.